The van der Waals surface area contributed by atoms with Crippen LogP contribution in [0.2, 0.25) is 5.02 Å². The monoisotopic (exact) mass is 383 g/mol. The Balaban J connectivity index is 2.28. The van der Waals surface area contributed by atoms with E-state index in [1.165, 1.54) is 18.2 Å². The number of carbonyl (C=O) groups is 1. The Bertz CT molecular complexity index is 880. The number of benzene rings is 2. The smallest absolute Gasteiger partial charge is 0.341 e. The summed E-state index contributed by atoms with van der Waals surface area (Å²) in [6.45, 7) is 3.38. The number of carboxylic acid groups (broad SMARTS) is 1. The molecule has 2 aromatic carbocycles. The number of ether oxygens (including phenoxy) is 1. The van der Waals surface area contributed by atoms with E-state index in [4.69, 9.17) is 21.4 Å². The maximum atomic E-state index is 12.6. The van der Waals surface area contributed by atoms with E-state index in [-0.39, 0.29) is 21.6 Å². The van der Waals surface area contributed by atoms with Gasteiger partial charge >= 0.3 is 5.97 Å². The Morgan fingerprint density at radius 1 is 1.24 bits per heavy atom. The molecule has 6 nitrogen and oxygen atoms in total. The Kier molecular flexibility index (Phi) is 5.92. The molecule has 134 valence electrons. The van der Waals surface area contributed by atoms with Gasteiger partial charge in [-0.2, -0.15) is 0 Å². The second-order valence-corrected chi connectivity index (χ2v) is 7.71. The number of sulfonamides is 1. The van der Waals surface area contributed by atoms with E-state index in [1.54, 1.807) is 12.1 Å². The fourth-order valence-electron chi connectivity index (χ4n) is 2.20. The second-order valence-electron chi connectivity index (χ2n) is 5.62. The van der Waals surface area contributed by atoms with Gasteiger partial charge < -0.3 is 9.84 Å². The van der Waals surface area contributed by atoms with Crippen molar-refractivity contribution in [3.8, 4) is 5.75 Å². The molecule has 0 fully saturated rings. The lowest BCUT2D eigenvalue weighted by atomic mass is 10.0. The molecule has 2 aromatic rings. The zero-order chi connectivity index (χ0) is 18.6. The zero-order valence-electron chi connectivity index (χ0n) is 13.7. The molecule has 0 aliphatic heterocycles. The van der Waals surface area contributed by atoms with Crippen molar-refractivity contribution in [1.82, 2.24) is 0 Å². The van der Waals surface area contributed by atoms with Gasteiger partial charge in [0.25, 0.3) is 10.0 Å². The number of hydrogen-bond acceptors (Lipinski definition) is 4. The molecule has 0 saturated carbocycles. The molecule has 2 N–H and O–H groups in total. The van der Waals surface area contributed by atoms with Crippen molar-refractivity contribution in [1.29, 1.82) is 0 Å². The summed E-state index contributed by atoms with van der Waals surface area (Å²) in [5.74, 6) is -0.903. The zero-order valence-corrected chi connectivity index (χ0v) is 15.3. The summed E-state index contributed by atoms with van der Waals surface area (Å²) in [7, 11) is -3.85. The van der Waals surface area contributed by atoms with Crippen molar-refractivity contribution in [3.63, 3.8) is 0 Å². The van der Waals surface area contributed by atoms with Crippen LogP contribution in [-0.4, -0.2) is 26.1 Å². The van der Waals surface area contributed by atoms with Crippen molar-refractivity contribution in [2.75, 3.05) is 11.3 Å². The van der Waals surface area contributed by atoms with Crippen molar-refractivity contribution < 1.29 is 23.1 Å². The number of carboxylic acids is 1. The third kappa shape index (κ3) is 4.87. The molecular weight excluding hydrogens is 366 g/mol. The quantitative estimate of drug-likeness (QED) is 0.759. The molecular formula is C17H18ClNO5S. The van der Waals surface area contributed by atoms with E-state index in [1.807, 2.05) is 26.0 Å². The summed E-state index contributed by atoms with van der Waals surface area (Å²) >= 11 is 5.99. The van der Waals surface area contributed by atoms with Gasteiger partial charge in [-0.05, 0) is 35.7 Å². The molecule has 0 heterocycles. The standard InChI is InChI=1S/C17H18ClNO5S/c1-11(2)13-5-3-4-6-15(13)19-25(22,23)12-7-8-16(14(18)9-12)24-10-17(20)21/h3-9,11,19H,10H2,1-2H3,(H,20,21). The molecule has 0 unspecified atom stereocenters. The molecule has 0 bridgehead atoms. The van der Waals surface area contributed by atoms with Gasteiger partial charge in [0, 0.05) is 0 Å². The summed E-state index contributed by atoms with van der Waals surface area (Å²) in [6, 6.07) is 11.0. The third-order valence-corrected chi connectivity index (χ3v) is 5.05. The summed E-state index contributed by atoms with van der Waals surface area (Å²) in [6.07, 6.45) is 0. The Hall–Kier alpha value is -2.25. The van der Waals surface area contributed by atoms with Crippen LogP contribution in [-0.2, 0) is 14.8 Å². The van der Waals surface area contributed by atoms with Gasteiger partial charge in [0.2, 0.25) is 0 Å². The first-order valence-electron chi connectivity index (χ1n) is 7.46. The Morgan fingerprint density at radius 2 is 1.92 bits per heavy atom. The number of anilines is 1. The highest BCUT2D eigenvalue weighted by atomic mass is 35.5. The predicted octanol–water partition coefficient (Wildman–Crippen LogP) is 3.73. The molecule has 0 atom stereocenters. The van der Waals surface area contributed by atoms with Gasteiger partial charge in [-0.25, -0.2) is 13.2 Å². The highest BCUT2D eigenvalue weighted by Gasteiger charge is 2.18. The minimum absolute atomic E-state index is 0.0151. The highest BCUT2D eigenvalue weighted by Crippen LogP contribution is 2.30. The van der Waals surface area contributed by atoms with Crippen LogP contribution >= 0.6 is 11.6 Å². The largest absolute Gasteiger partial charge is 0.480 e. The van der Waals surface area contributed by atoms with E-state index in [0.29, 0.717) is 5.69 Å². The summed E-state index contributed by atoms with van der Waals surface area (Å²) in [5.41, 5.74) is 1.37. The van der Waals surface area contributed by atoms with Crippen molar-refractivity contribution in [2.24, 2.45) is 0 Å². The molecule has 0 aliphatic carbocycles. The maximum absolute atomic E-state index is 12.6. The molecule has 0 spiro atoms. The van der Waals surface area contributed by atoms with E-state index in [2.05, 4.69) is 4.72 Å². The lowest BCUT2D eigenvalue weighted by Gasteiger charge is -2.15. The third-order valence-electron chi connectivity index (χ3n) is 3.39. The number of hydrogen-bond donors (Lipinski definition) is 2. The van der Waals surface area contributed by atoms with Crippen LogP contribution in [0, 0.1) is 0 Å². The molecule has 0 radical (unpaired) electrons. The fraction of sp³-hybridized carbons (Fsp3) is 0.235. The molecule has 0 saturated heterocycles. The number of nitrogens with one attached hydrogen (secondary N) is 1. The number of rotatable bonds is 7. The van der Waals surface area contributed by atoms with Gasteiger partial charge in [0.15, 0.2) is 6.61 Å². The lowest BCUT2D eigenvalue weighted by molar-refractivity contribution is -0.139. The molecule has 25 heavy (non-hydrogen) atoms. The van der Waals surface area contributed by atoms with Crippen LogP contribution in [0.4, 0.5) is 5.69 Å². The minimum Gasteiger partial charge on any atom is -0.480 e. The molecule has 0 aromatic heterocycles. The van der Waals surface area contributed by atoms with Crippen molar-refractivity contribution in [3.05, 3.63) is 53.1 Å². The highest BCUT2D eigenvalue weighted by molar-refractivity contribution is 7.92. The SMILES string of the molecule is CC(C)c1ccccc1NS(=O)(=O)c1ccc(OCC(=O)O)c(Cl)c1. The normalized spacial score (nSPS) is 11.4. The average molecular weight is 384 g/mol. The first kappa shape index (κ1) is 19.1. The first-order chi connectivity index (χ1) is 11.7. The van der Waals surface area contributed by atoms with Crippen molar-refractivity contribution >= 4 is 33.3 Å². The fourth-order valence-corrected chi connectivity index (χ4v) is 3.62. The summed E-state index contributed by atoms with van der Waals surface area (Å²) in [5, 5.41) is 8.63. The van der Waals surface area contributed by atoms with Crippen LogP contribution in [0.1, 0.15) is 25.3 Å². The van der Waals surface area contributed by atoms with Crippen LogP contribution < -0.4 is 9.46 Å². The molecule has 0 amide bonds. The summed E-state index contributed by atoms with van der Waals surface area (Å²) in [4.78, 5) is 10.5. The van der Waals surface area contributed by atoms with Crippen molar-refractivity contribution in [2.45, 2.75) is 24.7 Å². The van der Waals surface area contributed by atoms with Crippen LogP contribution in [0.5, 0.6) is 5.75 Å². The molecule has 2 rings (SSSR count). The molecule has 0 aliphatic rings. The second kappa shape index (κ2) is 7.76. The van der Waals surface area contributed by atoms with E-state index in [0.717, 1.165) is 5.56 Å². The van der Waals surface area contributed by atoms with E-state index in [9.17, 15) is 13.2 Å². The van der Waals surface area contributed by atoms with Crippen LogP contribution in [0.3, 0.4) is 0 Å². The van der Waals surface area contributed by atoms with E-state index < -0.39 is 22.6 Å². The summed E-state index contributed by atoms with van der Waals surface area (Å²) < 4.78 is 32.8. The van der Waals surface area contributed by atoms with Crippen LogP contribution in [0.25, 0.3) is 0 Å². The minimum atomic E-state index is -3.85. The van der Waals surface area contributed by atoms with Gasteiger partial charge in [-0.15, -0.1) is 0 Å². The lowest BCUT2D eigenvalue weighted by Crippen LogP contribution is -2.15. The number of halogens is 1. The topological polar surface area (TPSA) is 92.7 Å². The Morgan fingerprint density at radius 3 is 2.52 bits per heavy atom. The van der Waals surface area contributed by atoms with Gasteiger partial charge in [0.1, 0.15) is 5.75 Å². The predicted molar refractivity (Wildman–Crippen MR) is 95.9 cm³/mol. The number of aliphatic carboxylic acids is 1. The van der Waals surface area contributed by atoms with Gasteiger partial charge in [0.05, 0.1) is 15.6 Å². The van der Waals surface area contributed by atoms with E-state index >= 15 is 0 Å². The van der Waals surface area contributed by atoms with Gasteiger partial charge in [-0.3, -0.25) is 4.72 Å². The first-order valence-corrected chi connectivity index (χ1v) is 9.32. The molecule has 8 heteroatoms. The average Bonchev–Trinajstić information content (AvgIpc) is 2.53. The number of para-hydroxylation sites is 1. The maximum Gasteiger partial charge on any atom is 0.341 e. The van der Waals surface area contributed by atoms with Crippen LogP contribution in [0.15, 0.2) is 47.4 Å². The Labute approximate surface area is 151 Å². The van der Waals surface area contributed by atoms with Gasteiger partial charge in [-0.1, -0.05) is 43.6 Å².